The zero-order chi connectivity index (χ0) is 47.2. The number of carbonyl (C=O) groups excluding carboxylic acids is 3. The summed E-state index contributed by atoms with van der Waals surface area (Å²) in [4.78, 5) is 38.1. The maximum Gasteiger partial charge on any atom is 0.306 e. The molecule has 0 aromatic rings. The van der Waals surface area contributed by atoms with E-state index in [1.807, 2.05) is 0 Å². The van der Waals surface area contributed by atoms with Crippen LogP contribution < -0.4 is 0 Å². The predicted octanol–water partition coefficient (Wildman–Crippen LogP) is 18.9. The molecule has 1 atom stereocenters. The first-order valence-electron chi connectivity index (χ1n) is 28.5. The van der Waals surface area contributed by atoms with Gasteiger partial charge in [-0.15, -0.1) is 0 Å². The molecule has 0 aliphatic rings. The van der Waals surface area contributed by atoms with Crippen LogP contribution >= 0.6 is 0 Å². The van der Waals surface area contributed by atoms with Crippen LogP contribution in [0.15, 0.2) is 36.5 Å². The SMILES string of the molecule is CCCCC/C=C\C/C=C\C/C=C\CCCCCCCCC(=O)OCC(COC(=O)CCCCCCCCCCCCC)OC(=O)CCCCCCCCCCCCCCCCCCC. The lowest BCUT2D eigenvalue weighted by molar-refractivity contribution is -0.167. The van der Waals surface area contributed by atoms with Crippen LogP contribution in [0.2, 0.25) is 0 Å². The van der Waals surface area contributed by atoms with Crippen molar-refractivity contribution in [3.8, 4) is 0 Å². The number of hydrogen-bond donors (Lipinski definition) is 0. The molecule has 0 aliphatic carbocycles. The van der Waals surface area contributed by atoms with Gasteiger partial charge in [0.25, 0.3) is 0 Å². The lowest BCUT2D eigenvalue weighted by Gasteiger charge is -2.18. The molecule has 0 radical (unpaired) electrons. The molecule has 0 fully saturated rings. The number of hydrogen-bond acceptors (Lipinski definition) is 6. The Labute approximate surface area is 404 Å². The third-order valence-electron chi connectivity index (χ3n) is 12.6. The molecular weight excluding hydrogens is 805 g/mol. The first-order valence-corrected chi connectivity index (χ1v) is 28.5. The van der Waals surface area contributed by atoms with Crippen LogP contribution in [-0.2, 0) is 28.6 Å². The fourth-order valence-electron chi connectivity index (χ4n) is 8.33. The summed E-state index contributed by atoms with van der Waals surface area (Å²) in [5.74, 6) is -0.868. The highest BCUT2D eigenvalue weighted by Crippen LogP contribution is 2.16. The molecule has 0 heterocycles. The summed E-state index contributed by atoms with van der Waals surface area (Å²) in [6, 6.07) is 0. The lowest BCUT2D eigenvalue weighted by atomic mass is 10.0. The molecule has 6 heteroatoms. The van der Waals surface area contributed by atoms with Gasteiger partial charge in [0.2, 0.25) is 0 Å². The van der Waals surface area contributed by atoms with Crippen LogP contribution in [0.5, 0.6) is 0 Å². The Morgan fingerprint density at radius 1 is 0.308 bits per heavy atom. The van der Waals surface area contributed by atoms with Crippen LogP contribution in [0.1, 0.15) is 303 Å². The second kappa shape index (κ2) is 54.2. The van der Waals surface area contributed by atoms with E-state index in [2.05, 4.69) is 57.2 Å². The van der Waals surface area contributed by atoms with Gasteiger partial charge in [0, 0.05) is 19.3 Å². The molecule has 0 saturated heterocycles. The zero-order valence-corrected chi connectivity index (χ0v) is 43.5. The third kappa shape index (κ3) is 52.5. The monoisotopic (exact) mass is 913 g/mol. The Morgan fingerprint density at radius 2 is 0.554 bits per heavy atom. The van der Waals surface area contributed by atoms with E-state index in [1.165, 1.54) is 186 Å². The van der Waals surface area contributed by atoms with E-state index in [0.717, 1.165) is 77.0 Å². The average Bonchev–Trinajstić information content (AvgIpc) is 3.30. The first kappa shape index (κ1) is 62.6. The average molecular weight is 914 g/mol. The Hall–Kier alpha value is -2.37. The van der Waals surface area contributed by atoms with Crippen LogP contribution in [0, 0.1) is 0 Å². The van der Waals surface area contributed by atoms with Crippen molar-refractivity contribution in [3.05, 3.63) is 36.5 Å². The van der Waals surface area contributed by atoms with E-state index in [1.54, 1.807) is 0 Å². The van der Waals surface area contributed by atoms with Gasteiger partial charge in [-0.3, -0.25) is 14.4 Å². The maximum atomic E-state index is 12.8. The fourth-order valence-corrected chi connectivity index (χ4v) is 8.33. The van der Waals surface area contributed by atoms with Crippen LogP contribution in [0.4, 0.5) is 0 Å². The Morgan fingerprint density at radius 3 is 0.892 bits per heavy atom. The molecule has 0 N–H and O–H groups in total. The van der Waals surface area contributed by atoms with Gasteiger partial charge in [-0.2, -0.15) is 0 Å². The van der Waals surface area contributed by atoms with Crippen molar-refractivity contribution in [1.29, 1.82) is 0 Å². The normalized spacial score (nSPS) is 12.2. The molecule has 0 rings (SSSR count). The van der Waals surface area contributed by atoms with Crippen molar-refractivity contribution >= 4 is 17.9 Å². The van der Waals surface area contributed by atoms with Gasteiger partial charge in [0.15, 0.2) is 6.10 Å². The molecule has 1 unspecified atom stereocenters. The highest BCUT2D eigenvalue weighted by atomic mass is 16.6. The fraction of sp³-hybridized carbons (Fsp3) is 0.847. The number of rotatable bonds is 52. The van der Waals surface area contributed by atoms with Crippen LogP contribution in [0.25, 0.3) is 0 Å². The van der Waals surface area contributed by atoms with Crippen molar-refractivity contribution in [2.24, 2.45) is 0 Å². The number of allylic oxidation sites excluding steroid dienone is 6. The van der Waals surface area contributed by atoms with E-state index in [9.17, 15) is 14.4 Å². The van der Waals surface area contributed by atoms with Crippen LogP contribution in [0.3, 0.4) is 0 Å². The number of carbonyl (C=O) groups is 3. The van der Waals surface area contributed by atoms with Gasteiger partial charge in [-0.25, -0.2) is 0 Å². The van der Waals surface area contributed by atoms with E-state index >= 15 is 0 Å². The quantitative estimate of drug-likeness (QED) is 0.0262. The summed E-state index contributed by atoms with van der Waals surface area (Å²) in [6.07, 6.45) is 64.1. The van der Waals surface area contributed by atoms with E-state index < -0.39 is 6.10 Å². The van der Waals surface area contributed by atoms with Crippen molar-refractivity contribution in [1.82, 2.24) is 0 Å². The van der Waals surface area contributed by atoms with Crippen LogP contribution in [-0.4, -0.2) is 37.2 Å². The topological polar surface area (TPSA) is 78.9 Å². The minimum Gasteiger partial charge on any atom is -0.462 e. The maximum absolute atomic E-state index is 12.8. The van der Waals surface area contributed by atoms with Crippen molar-refractivity contribution in [2.45, 2.75) is 309 Å². The minimum atomic E-state index is -0.772. The molecule has 0 aliphatic heterocycles. The molecule has 65 heavy (non-hydrogen) atoms. The summed E-state index contributed by atoms with van der Waals surface area (Å²) in [5, 5.41) is 0. The van der Waals surface area contributed by atoms with E-state index in [4.69, 9.17) is 14.2 Å². The Balaban J connectivity index is 4.32. The Bertz CT molecular complexity index is 1090. The second-order valence-electron chi connectivity index (χ2n) is 19.2. The van der Waals surface area contributed by atoms with Crippen molar-refractivity contribution in [2.75, 3.05) is 13.2 Å². The van der Waals surface area contributed by atoms with Gasteiger partial charge < -0.3 is 14.2 Å². The second-order valence-corrected chi connectivity index (χ2v) is 19.2. The van der Waals surface area contributed by atoms with Crippen molar-refractivity contribution < 1.29 is 28.6 Å². The van der Waals surface area contributed by atoms with E-state index in [-0.39, 0.29) is 31.1 Å². The van der Waals surface area contributed by atoms with E-state index in [0.29, 0.717) is 19.3 Å². The molecule has 0 aromatic heterocycles. The van der Waals surface area contributed by atoms with Crippen molar-refractivity contribution in [3.63, 3.8) is 0 Å². The first-order chi connectivity index (χ1) is 32.0. The number of esters is 3. The third-order valence-corrected chi connectivity index (χ3v) is 12.6. The number of unbranched alkanes of at least 4 members (excludes halogenated alkanes) is 35. The van der Waals surface area contributed by atoms with Gasteiger partial charge in [-0.1, -0.05) is 263 Å². The molecule has 380 valence electrons. The molecule has 0 aromatic carbocycles. The van der Waals surface area contributed by atoms with Gasteiger partial charge in [0.05, 0.1) is 0 Å². The zero-order valence-electron chi connectivity index (χ0n) is 43.5. The highest BCUT2D eigenvalue weighted by Gasteiger charge is 2.19. The standard InChI is InChI=1S/C59H108O6/c1-4-7-10-13-16-19-22-24-26-28-29-31-32-34-37-40-43-46-49-52-58(61)64-55-56(54-63-57(60)51-48-45-42-39-36-21-18-15-12-9-6-3)65-59(62)53-50-47-44-41-38-35-33-30-27-25-23-20-17-14-11-8-5-2/h16,19,24,26,29,31,56H,4-15,17-18,20-23,25,27-28,30,32-55H2,1-3H3/b19-16-,26-24-,31-29-. The minimum absolute atomic E-state index is 0.0718. The molecule has 6 nitrogen and oxygen atoms in total. The molecule has 0 bridgehead atoms. The summed E-state index contributed by atoms with van der Waals surface area (Å²) in [6.45, 7) is 6.63. The summed E-state index contributed by atoms with van der Waals surface area (Å²) in [5.41, 5.74) is 0. The Kier molecular flexibility index (Phi) is 52.3. The lowest BCUT2D eigenvalue weighted by Crippen LogP contribution is -2.30. The largest absolute Gasteiger partial charge is 0.462 e. The molecule has 0 amide bonds. The molecule has 0 spiro atoms. The highest BCUT2D eigenvalue weighted by molar-refractivity contribution is 5.71. The molecular formula is C59H108O6. The summed E-state index contributed by atoms with van der Waals surface area (Å²) in [7, 11) is 0. The smallest absolute Gasteiger partial charge is 0.306 e. The summed E-state index contributed by atoms with van der Waals surface area (Å²) < 4.78 is 16.8. The molecule has 0 saturated carbocycles. The van der Waals surface area contributed by atoms with Gasteiger partial charge in [-0.05, 0) is 57.8 Å². The van der Waals surface area contributed by atoms with Gasteiger partial charge >= 0.3 is 17.9 Å². The number of ether oxygens (including phenoxy) is 3. The summed E-state index contributed by atoms with van der Waals surface area (Å²) >= 11 is 0. The predicted molar refractivity (Wildman–Crippen MR) is 279 cm³/mol. The van der Waals surface area contributed by atoms with Gasteiger partial charge in [0.1, 0.15) is 13.2 Å².